The normalized spacial score (nSPS) is 12.5. The zero-order valence-corrected chi connectivity index (χ0v) is 18.0. The van der Waals surface area contributed by atoms with E-state index in [1.54, 1.807) is 11.3 Å². The number of ether oxygens (including phenoxy) is 1. The van der Waals surface area contributed by atoms with E-state index in [0.29, 0.717) is 13.2 Å². The van der Waals surface area contributed by atoms with Crippen molar-refractivity contribution in [3.63, 3.8) is 0 Å². The monoisotopic (exact) mass is 389 g/mol. The van der Waals surface area contributed by atoms with Crippen LogP contribution in [0.4, 0.5) is 4.79 Å². The second-order valence-corrected chi connectivity index (χ2v) is 8.85. The van der Waals surface area contributed by atoms with Gasteiger partial charge in [0.15, 0.2) is 0 Å². The van der Waals surface area contributed by atoms with Crippen molar-refractivity contribution < 1.29 is 9.53 Å². The number of thiazole rings is 1. The number of benzene rings is 1. The fourth-order valence-electron chi connectivity index (χ4n) is 2.55. The summed E-state index contributed by atoms with van der Waals surface area (Å²) in [6, 6.07) is 8.07. The van der Waals surface area contributed by atoms with Gasteiger partial charge in [0.25, 0.3) is 0 Å². The number of carbonyl (C=O) groups is 1. The Kier molecular flexibility index (Phi) is 7.25. The lowest BCUT2D eigenvalue weighted by molar-refractivity contribution is 0.164. The van der Waals surface area contributed by atoms with Crippen LogP contribution in [0.3, 0.4) is 0 Å². The fourth-order valence-corrected chi connectivity index (χ4v) is 3.25. The van der Waals surface area contributed by atoms with Crippen LogP contribution < -0.4 is 10.1 Å². The van der Waals surface area contributed by atoms with E-state index in [9.17, 15) is 4.79 Å². The van der Waals surface area contributed by atoms with Crippen molar-refractivity contribution in [1.29, 1.82) is 0 Å². The highest BCUT2D eigenvalue weighted by atomic mass is 32.1. The van der Waals surface area contributed by atoms with Crippen LogP contribution in [0.1, 0.15) is 57.3 Å². The number of urea groups is 1. The summed E-state index contributed by atoms with van der Waals surface area (Å²) in [6.07, 6.45) is 0.894. The number of hydrogen-bond donors (Lipinski definition) is 1. The highest BCUT2D eigenvalue weighted by Crippen LogP contribution is 2.19. The summed E-state index contributed by atoms with van der Waals surface area (Å²) < 4.78 is 5.83. The van der Waals surface area contributed by atoms with Crippen LogP contribution in [0.15, 0.2) is 29.6 Å². The Bertz CT molecular complexity index is 752. The van der Waals surface area contributed by atoms with Gasteiger partial charge < -0.3 is 15.0 Å². The average Bonchev–Trinajstić information content (AvgIpc) is 3.03. The Hall–Kier alpha value is -2.08. The molecular formula is C21H31N3O2S. The predicted octanol–water partition coefficient (Wildman–Crippen LogP) is 5.14. The number of rotatable bonds is 7. The molecule has 0 radical (unpaired) electrons. The van der Waals surface area contributed by atoms with Crippen LogP contribution in [0, 0.1) is 6.92 Å². The maximum Gasteiger partial charge on any atom is 0.318 e. The van der Waals surface area contributed by atoms with Gasteiger partial charge in [-0.15, -0.1) is 11.3 Å². The molecule has 6 heteroatoms. The van der Waals surface area contributed by atoms with Crippen LogP contribution in [0.25, 0.3) is 0 Å². The van der Waals surface area contributed by atoms with Gasteiger partial charge in [-0.25, -0.2) is 9.78 Å². The van der Waals surface area contributed by atoms with E-state index in [1.165, 1.54) is 5.56 Å². The van der Waals surface area contributed by atoms with E-state index in [-0.39, 0.29) is 17.6 Å². The third-order valence-electron chi connectivity index (χ3n) is 4.15. The lowest BCUT2D eigenvalue weighted by Gasteiger charge is -2.32. The molecule has 0 fully saturated rings. The number of nitrogens with zero attached hydrogens (tertiary/aromatic N) is 2. The summed E-state index contributed by atoms with van der Waals surface area (Å²) in [4.78, 5) is 19.2. The smallest absolute Gasteiger partial charge is 0.318 e. The van der Waals surface area contributed by atoms with E-state index in [0.717, 1.165) is 22.9 Å². The molecule has 0 unspecified atom stereocenters. The van der Waals surface area contributed by atoms with Crippen molar-refractivity contribution in [3.05, 3.63) is 45.9 Å². The molecule has 27 heavy (non-hydrogen) atoms. The molecule has 0 spiro atoms. The number of amides is 2. The van der Waals surface area contributed by atoms with Crippen molar-refractivity contribution in [3.8, 4) is 5.75 Å². The average molecular weight is 390 g/mol. The van der Waals surface area contributed by atoms with Gasteiger partial charge in [-0.3, -0.25) is 0 Å². The molecule has 0 aliphatic carbocycles. The van der Waals surface area contributed by atoms with Crippen molar-refractivity contribution >= 4 is 17.4 Å². The highest BCUT2D eigenvalue weighted by molar-refractivity contribution is 7.09. The summed E-state index contributed by atoms with van der Waals surface area (Å²) in [5.74, 6) is 0.845. The number of nitrogens with one attached hydrogen (secondary N) is 1. The molecule has 1 aromatic heterocycles. The molecule has 0 saturated heterocycles. The van der Waals surface area contributed by atoms with Crippen LogP contribution >= 0.6 is 11.3 Å². The molecule has 0 aliphatic rings. The maximum atomic E-state index is 12.7. The van der Waals surface area contributed by atoms with Gasteiger partial charge in [-0.05, 0) is 58.7 Å². The molecule has 148 valence electrons. The number of aryl methyl sites for hydroxylation is 1. The Balaban J connectivity index is 2.01. The third kappa shape index (κ3) is 6.86. The molecule has 1 atom stereocenters. The van der Waals surface area contributed by atoms with Crippen molar-refractivity contribution in [2.75, 3.05) is 0 Å². The zero-order valence-electron chi connectivity index (χ0n) is 17.2. The standard InChI is InChI=1S/C21H31N3O2S/c1-7-16(3)24(20(25)23-21(4,5)6)12-17-14-27-19(22-17)13-26-18-10-8-9-15(2)11-18/h8-11,14,16H,7,12-13H2,1-6H3,(H,23,25)/t16-/m0/s1. The second kappa shape index (κ2) is 9.22. The minimum Gasteiger partial charge on any atom is -0.486 e. The van der Waals surface area contributed by atoms with Crippen molar-refractivity contribution in [2.45, 2.75) is 72.7 Å². The van der Waals surface area contributed by atoms with Crippen LogP contribution in [-0.2, 0) is 13.2 Å². The fraction of sp³-hybridized carbons (Fsp3) is 0.524. The Morgan fingerprint density at radius 2 is 2.11 bits per heavy atom. The minimum absolute atomic E-state index is 0.0533. The summed E-state index contributed by atoms with van der Waals surface area (Å²) in [5, 5.41) is 5.97. The molecule has 0 bridgehead atoms. The molecule has 5 nitrogen and oxygen atoms in total. The SMILES string of the molecule is CC[C@H](C)N(Cc1csc(COc2cccc(C)c2)n1)C(=O)NC(C)(C)C. The molecule has 2 aromatic rings. The number of hydrogen-bond acceptors (Lipinski definition) is 4. The van der Waals surface area contributed by atoms with E-state index in [4.69, 9.17) is 4.74 Å². The first-order valence-corrected chi connectivity index (χ1v) is 10.3. The third-order valence-corrected chi connectivity index (χ3v) is 5.02. The van der Waals surface area contributed by atoms with Gasteiger partial charge in [0.1, 0.15) is 17.4 Å². The summed E-state index contributed by atoms with van der Waals surface area (Å²) in [5.41, 5.74) is 1.80. The Labute approximate surface area is 166 Å². The summed E-state index contributed by atoms with van der Waals surface area (Å²) in [7, 11) is 0. The lowest BCUT2D eigenvalue weighted by Crippen LogP contribution is -2.50. The van der Waals surface area contributed by atoms with Gasteiger partial charge in [0.2, 0.25) is 0 Å². The Morgan fingerprint density at radius 3 is 2.74 bits per heavy atom. The van der Waals surface area contributed by atoms with Crippen LogP contribution in [0.2, 0.25) is 0 Å². The number of carbonyl (C=O) groups excluding carboxylic acids is 1. The van der Waals surface area contributed by atoms with Crippen molar-refractivity contribution in [2.24, 2.45) is 0 Å². The van der Waals surface area contributed by atoms with Gasteiger partial charge in [-0.2, -0.15) is 0 Å². The molecule has 2 rings (SSSR count). The zero-order chi connectivity index (χ0) is 20.0. The highest BCUT2D eigenvalue weighted by Gasteiger charge is 2.24. The van der Waals surface area contributed by atoms with Gasteiger partial charge in [-0.1, -0.05) is 19.1 Å². The topological polar surface area (TPSA) is 54.5 Å². The summed E-state index contributed by atoms with van der Waals surface area (Å²) in [6.45, 7) is 13.1. The quantitative estimate of drug-likeness (QED) is 0.713. The van der Waals surface area contributed by atoms with Crippen molar-refractivity contribution in [1.82, 2.24) is 15.2 Å². The molecule has 1 N–H and O–H groups in total. The minimum atomic E-state index is -0.266. The number of aromatic nitrogens is 1. The molecule has 0 saturated carbocycles. The van der Waals surface area contributed by atoms with Gasteiger partial charge >= 0.3 is 6.03 Å². The molecule has 2 amide bonds. The largest absolute Gasteiger partial charge is 0.486 e. The first-order valence-electron chi connectivity index (χ1n) is 9.39. The molecule has 0 aliphatic heterocycles. The molecular weight excluding hydrogens is 358 g/mol. The lowest BCUT2D eigenvalue weighted by atomic mass is 10.1. The van der Waals surface area contributed by atoms with Crippen LogP contribution in [-0.4, -0.2) is 27.5 Å². The molecule has 1 heterocycles. The second-order valence-electron chi connectivity index (χ2n) is 7.90. The first-order chi connectivity index (χ1) is 12.7. The van der Waals surface area contributed by atoms with Gasteiger partial charge in [0.05, 0.1) is 12.2 Å². The molecule has 1 aromatic carbocycles. The maximum absolute atomic E-state index is 12.7. The van der Waals surface area contributed by atoms with E-state index >= 15 is 0 Å². The van der Waals surface area contributed by atoms with E-state index < -0.39 is 0 Å². The van der Waals surface area contributed by atoms with Crippen LogP contribution in [0.5, 0.6) is 5.75 Å². The van der Waals surface area contributed by atoms with Gasteiger partial charge in [0, 0.05) is 17.0 Å². The predicted molar refractivity (Wildman–Crippen MR) is 111 cm³/mol. The first kappa shape index (κ1) is 21.2. The Morgan fingerprint density at radius 1 is 1.37 bits per heavy atom. The summed E-state index contributed by atoms with van der Waals surface area (Å²) >= 11 is 1.56. The van der Waals surface area contributed by atoms with E-state index in [1.807, 2.05) is 62.2 Å². The van der Waals surface area contributed by atoms with E-state index in [2.05, 4.69) is 24.1 Å².